The van der Waals surface area contributed by atoms with Gasteiger partial charge in [-0.1, -0.05) is 0 Å². The molecule has 0 saturated heterocycles. The fraction of sp³-hybridized carbons (Fsp3) is 0.333. The number of anilines is 1. The van der Waals surface area contributed by atoms with Gasteiger partial charge in [0.2, 0.25) is 0 Å². The Balaban J connectivity index is 0.000000292. The molecule has 0 fully saturated rings. The van der Waals surface area contributed by atoms with Gasteiger partial charge in [-0.05, 0) is 25.2 Å². The van der Waals surface area contributed by atoms with Gasteiger partial charge in [0, 0.05) is 12.2 Å². The highest BCUT2D eigenvalue weighted by atomic mass is 19.2. The SMILES string of the molecule is CNCCO.Nc1ccc(F)c(F)c1. The Morgan fingerprint density at radius 1 is 1.36 bits per heavy atom. The maximum absolute atomic E-state index is 12.1. The molecular weight excluding hydrogens is 190 g/mol. The number of rotatable bonds is 2. The van der Waals surface area contributed by atoms with Gasteiger partial charge in [0.05, 0.1) is 6.61 Å². The summed E-state index contributed by atoms with van der Waals surface area (Å²) >= 11 is 0. The second-order valence-corrected chi connectivity index (χ2v) is 2.50. The van der Waals surface area contributed by atoms with Crippen molar-refractivity contribution in [2.24, 2.45) is 0 Å². The molecule has 1 aromatic rings. The molecule has 1 rings (SSSR count). The Hall–Kier alpha value is -1.20. The first-order valence-electron chi connectivity index (χ1n) is 4.07. The summed E-state index contributed by atoms with van der Waals surface area (Å²) in [6, 6.07) is 3.23. The Morgan fingerprint density at radius 2 is 2.00 bits per heavy atom. The minimum Gasteiger partial charge on any atom is -0.399 e. The second-order valence-electron chi connectivity index (χ2n) is 2.50. The molecule has 14 heavy (non-hydrogen) atoms. The molecule has 0 heterocycles. The minimum atomic E-state index is -0.907. The number of nitrogens with two attached hydrogens (primary N) is 1. The molecule has 0 aliphatic carbocycles. The van der Waals surface area contributed by atoms with E-state index in [4.69, 9.17) is 10.8 Å². The van der Waals surface area contributed by atoms with Gasteiger partial charge in [-0.2, -0.15) is 0 Å². The van der Waals surface area contributed by atoms with Crippen LogP contribution in [0.1, 0.15) is 0 Å². The van der Waals surface area contributed by atoms with Gasteiger partial charge < -0.3 is 16.2 Å². The zero-order valence-corrected chi connectivity index (χ0v) is 7.93. The van der Waals surface area contributed by atoms with Gasteiger partial charge in [0.25, 0.3) is 0 Å². The minimum absolute atomic E-state index is 0.230. The maximum Gasteiger partial charge on any atom is 0.160 e. The summed E-state index contributed by atoms with van der Waals surface area (Å²) < 4.78 is 24.2. The zero-order valence-electron chi connectivity index (χ0n) is 7.93. The van der Waals surface area contributed by atoms with E-state index in [0.29, 0.717) is 6.54 Å². The van der Waals surface area contributed by atoms with E-state index in [0.717, 1.165) is 12.1 Å². The predicted molar refractivity (Wildman–Crippen MR) is 51.8 cm³/mol. The van der Waals surface area contributed by atoms with Crippen LogP contribution in [0.2, 0.25) is 0 Å². The molecule has 4 N–H and O–H groups in total. The van der Waals surface area contributed by atoms with Crippen LogP contribution in [0.4, 0.5) is 14.5 Å². The first kappa shape index (κ1) is 12.8. The van der Waals surface area contributed by atoms with Crippen LogP contribution in [0.25, 0.3) is 0 Å². The number of likely N-dealkylation sites (N-methyl/N-ethyl adjacent to an activating group) is 1. The molecule has 3 nitrogen and oxygen atoms in total. The number of hydrogen-bond donors (Lipinski definition) is 3. The van der Waals surface area contributed by atoms with Crippen molar-refractivity contribution in [2.45, 2.75) is 0 Å². The van der Waals surface area contributed by atoms with E-state index in [1.165, 1.54) is 6.07 Å². The summed E-state index contributed by atoms with van der Waals surface area (Å²) in [5.41, 5.74) is 5.35. The van der Waals surface area contributed by atoms with E-state index in [-0.39, 0.29) is 12.3 Å². The lowest BCUT2D eigenvalue weighted by molar-refractivity contribution is 0.296. The number of aliphatic hydroxyl groups is 1. The predicted octanol–water partition coefficient (Wildman–Crippen LogP) is 0.745. The van der Waals surface area contributed by atoms with Crippen molar-refractivity contribution in [3.8, 4) is 0 Å². The fourth-order valence-corrected chi connectivity index (χ4v) is 0.624. The van der Waals surface area contributed by atoms with E-state index in [2.05, 4.69) is 5.32 Å². The fourth-order valence-electron chi connectivity index (χ4n) is 0.624. The largest absolute Gasteiger partial charge is 0.399 e. The van der Waals surface area contributed by atoms with E-state index in [1.807, 2.05) is 0 Å². The number of aliphatic hydroxyl groups excluding tert-OH is 1. The first-order chi connectivity index (χ1) is 6.61. The highest BCUT2D eigenvalue weighted by Crippen LogP contribution is 2.08. The molecule has 0 radical (unpaired) electrons. The zero-order chi connectivity index (χ0) is 11.0. The number of nitrogen functional groups attached to an aromatic ring is 1. The molecule has 1 aromatic carbocycles. The standard InChI is InChI=1S/C6H5F2N.C3H9NO/c7-5-2-1-4(9)3-6(5)8;1-4-2-3-5/h1-3H,9H2;4-5H,2-3H2,1H3. The maximum atomic E-state index is 12.1. The van der Waals surface area contributed by atoms with Crippen molar-refractivity contribution >= 4 is 5.69 Å². The van der Waals surface area contributed by atoms with Crippen LogP contribution in [-0.4, -0.2) is 25.3 Å². The number of halogens is 2. The summed E-state index contributed by atoms with van der Waals surface area (Å²) in [6.45, 7) is 0.927. The van der Waals surface area contributed by atoms with Crippen molar-refractivity contribution in [2.75, 3.05) is 25.9 Å². The normalized spacial score (nSPS) is 9.14. The highest BCUT2D eigenvalue weighted by molar-refractivity contribution is 5.37. The third-order valence-electron chi connectivity index (χ3n) is 1.31. The number of benzene rings is 1. The smallest absolute Gasteiger partial charge is 0.160 e. The van der Waals surface area contributed by atoms with E-state index in [9.17, 15) is 8.78 Å². The molecule has 0 aromatic heterocycles. The van der Waals surface area contributed by atoms with Gasteiger partial charge >= 0.3 is 0 Å². The summed E-state index contributed by atoms with van der Waals surface area (Å²) in [6.07, 6.45) is 0. The molecule has 0 saturated carbocycles. The quantitative estimate of drug-likeness (QED) is 0.623. The van der Waals surface area contributed by atoms with E-state index >= 15 is 0 Å². The summed E-state index contributed by atoms with van der Waals surface area (Å²) in [7, 11) is 1.80. The Kier molecular flexibility index (Phi) is 6.61. The van der Waals surface area contributed by atoms with Crippen LogP contribution in [-0.2, 0) is 0 Å². The summed E-state index contributed by atoms with van der Waals surface area (Å²) in [4.78, 5) is 0. The van der Waals surface area contributed by atoms with Gasteiger partial charge in [-0.25, -0.2) is 8.78 Å². The first-order valence-corrected chi connectivity index (χ1v) is 4.07. The second kappa shape index (κ2) is 7.23. The average molecular weight is 204 g/mol. The van der Waals surface area contributed by atoms with Crippen LogP contribution in [0, 0.1) is 11.6 Å². The molecule has 0 aliphatic rings. The third-order valence-corrected chi connectivity index (χ3v) is 1.31. The molecule has 0 bridgehead atoms. The number of nitrogens with one attached hydrogen (secondary N) is 1. The van der Waals surface area contributed by atoms with Crippen LogP contribution in [0.3, 0.4) is 0 Å². The van der Waals surface area contributed by atoms with Gasteiger partial charge in [0.15, 0.2) is 11.6 Å². The molecule has 0 unspecified atom stereocenters. The Bertz CT molecular complexity index is 267. The molecular formula is C9H14F2N2O. The molecule has 5 heteroatoms. The lowest BCUT2D eigenvalue weighted by atomic mass is 10.3. The molecule has 0 spiro atoms. The van der Waals surface area contributed by atoms with Gasteiger partial charge in [0.1, 0.15) is 0 Å². The van der Waals surface area contributed by atoms with Crippen molar-refractivity contribution in [3.05, 3.63) is 29.8 Å². The topological polar surface area (TPSA) is 58.3 Å². The average Bonchev–Trinajstić information content (AvgIpc) is 2.14. The molecule has 80 valence electrons. The third kappa shape index (κ3) is 5.45. The molecule has 0 aliphatic heterocycles. The van der Waals surface area contributed by atoms with Crippen LogP contribution in [0.5, 0.6) is 0 Å². The van der Waals surface area contributed by atoms with Crippen molar-refractivity contribution in [1.29, 1.82) is 0 Å². The van der Waals surface area contributed by atoms with Crippen molar-refractivity contribution in [3.63, 3.8) is 0 Å². The van der Waals surface area contributed by atoms with Crippen LogP contribution < -0.4 is 11.1 Å². The monoisotopic (exact) mass is 204 g/mol. The number of hydrogen-bond acceptors (Lipinski definition) is 3. The van der Waals surface area contributed by atoms with Crippen LogP contribution in [0.15, 0.2) is 18.2 Å². The molecule has 0 amide bonds. The highest BCUT2D eigenvalue weighted by Gasteiger charge is 1.97. The lowest BCUT2D eigenvalue weighted by Crippen LogP contribution is -2.10. The molecule has 0 atom stereocenters. The Labute approximate surface area is 81.5 Å². The van der Waals surface area contributed by atoms with Crippen LogP contribution >= 0.6 is 0 Å². The van der Waals surface area contributed by atoms with Gasteiger partial charge in [-0.3, -0.25) is 0 Å². The Morgan fingerprint density at radius 3 is 2.29 bits per heavy atom. The summed E-state index contributed by atoms with van der Waals surface area (Å²) in [5.74, 6) is -1.78. The van der Waals surface area contributed by atoms with E-state index in [1.54, 1.807) is 7.05 Å². The lowest BCUT2D eigenvalue weighted by Gasteiger charge is -1.91. The van der Waals surface area contributed by atoms with Crippen molar-refractivity contribution in [1.82, 2.24) is 5.32 Å². The van der Waals surface area contributed by atoms with Gasteiger partial charge in [-0.15, -0.1) is 0 Å². The van der Waals surface area contributed by atoms with Crippen molar-refractivity contribution < 1.29 is 13.9 Å². The van der Waals surface area contributed by atoms with E-state index < -0.39 is 11.6 Å². The summed E-state index contributed by atoms with van der Waals surface area (Å²) in [5, 5.41) is 10.8.